The molecule has 2 aromatic rings. The van der Waals surface area contributed by atoms with Crippen LogP contribution in [0.25, 0.3) is 0 Å². The van der Waals surface area contributed by atoms with E-state index in [1.807, 2.05) is 71.9 Å². The Labute approximate surface area is 281 Å². The summed E-state index contributed by atoms with van der Waals surface area (Å²) in [5.41, 5.74) is 0.896. The van der Waals surface area contributed by atoms with Gasteiger partial charge in [-0.15, -0.1) is 0 Å². The molecule has 0 fully saturated rings. The van der Waals surface area contributed by atoms with Crippen molar-refractivity contribution in [3.8, 4) is 5.75 Å². The molecule has 0 aliphatic heterocycles. The van der Waals surface area contributed by atoms with Crippen molar-refractivity contribution in [3.63, 3.8) is 0 Å². The van der Waals surface area contributed by atoms with Crippen LogP contribution in [0.1, 0.15) is 80.4 Å². The van der Waals surface area contributed by atoms with Crippen LogP contribution in [0.15, 0.2) is 54.6 Å². The van der Waals surface area contributed by atoms with Gasteiger partial charge in [0.1, 0.15) is 23.9 Å². The lowest BCUT2D eigenvalue weighted by Crippen LogP contribution is -2.58. The van der Waals surface area contributed by atoms with Gasteiger partial charge in [-0.25, -0.2) is 0 Å². The van der Waals surface area contributed by atoms with Crippen LogP contribution in [-0.4, -0.2) is 59.5 Å². The standard InChI is InChI=1S/C35H53N4O7P/c1-23(2)30(33(43)37-24(3)31(41)36-21-20-26-14-12-11-13-15-26)39-32(42)29(38-25(4)40)22-27-16-18-28(19-17-27)44-47(45-34(5,6)7)46-35(8,9)10/h11-19,23-24,29-30H,20-22H2,1-10H3,(H,36,41)(H,37,43)(H,38,40)(H,39,42)/t24-,29+,30+/m1/s1. The molecule has 11 nitrogen and oxygen atoms in total. The van der Waals surface area contributed by atoms with Crippen LogP contribution in [0.4, 0.5) is 0 Å². The van der Waals surface area contributed by atoms with Crippen molar-refractivity contribution in [2.24, 2.45) is 5.92 Å². The van der Waals surface area contributed by atoms with E-state index in [1.165, 1.54) is 6.92 Å². The molecule has 47 heavy (non-hydrogen) atoms. The molecule has 0 bridgehead atoms. The van der Waals surface area contributed by atoms with E-state index in [9.17, 15) is 19.2 Å². The van der Waals surface area contributed by atoms with Crippen molar-refractivity contribution >= 4 is 32.2 Å². The van der Waals surface area contributed by atoms with Gasteiger partial charge in [0.05, 0.1) is 11.2 Å². The first-order valence-corrected chi connectivity index (χ1v) is 17.1. The smallest absolute Gasteiger partial charge is 0.398 e. The van der Waals surface area contributed by atoms with Crippen LogP contribution in [0.2, 0.25) is 0 Å². The zero-order valence-corrected chi connectivity index (χ0v) is 30.3. The number of hydrogen-bond acceptors (Lipinski definition) is 7. The summed E-state index contributed by atoms with van der Waals surface area (Å²) in [7, 11) is -1.69. The number of nitrogens with one attached hydrogen (secondary N) is 4. The number of benzene rings is 2. The predicted octanol–water partition coefficient (Wildman–Crippen LogP) is 4.97. The third kappa shape index (κ3) is 15.7. The average Bonchev–Trinajstić information content (AvgIpc) is 2.94. The van der Waals surface area contributed by atoms with Gasteiger partial charge < -0.3 is 25.8 Å². The van der Waals surface area contributed by atoms with E-state index < -0.39 is 49.7 Å². The molecule has 0 radical (unpaired) electrons. The Morgan fingerprint density at radius 2 is 1.30 bits per heavy atom. The summed E-state index contributed by atoms with van der Waals surface area (Å²) in [6, 6.07) is 14.2. The molecule has 12 heteroatoms. The minimum Gasteiger partial charge on any atom is -0.427 e. The van der Waals surface area contributed by atoms with Crippen molar-refractivity contribution in [1.82, 2.24) is 21.3 Å². The molecule has 2 aromatic carbocycles. The fourth-order valence-corrected chi connectivity index (χ4v) is 5.55. The number of amides is 4. The molecule has 2 rings (SSSR count). The Morgan fingerprint density at radius 3 is 1.81 bits per heavy atom. The minimum absolute atomic E-state index is 0.171. The van der Waals surface area contributed by atoms with Gasteiger partial charge in [-0.2, -0.15) is 0 Å². The quantitative estimate of drug-likeness (QED) is 0.184. The van der Waals surface area contributed by atoms with Crippen molar-refractivity contribution in [2.45, 2.75) is 111 Å². The van der Waals surface area contributed by atoms with E-state index in [4.69, 9.17) is 13.6 Å². The van der Waals surface area contributed by atoms with Crippen LogP contribution in [-0.2, 0) is 41.1 Å². The molecule has 0 aromatic heterocycles. The van der Waals surface area contributed by atoms with Gasteiger partial charge >= 0.3 is 8.60 Å². The molecule has 0 spiro atoms. The maximum atomic E-state index is 13.4. The summed E-state index contributed by atoms with van der Waals surface area (Å²) in [4.78, 5) is 51.3. The summed E-state index contributed by atoms with van der Waals surface area (Å²) in [6.07, 6.45) is 0.834. The lowest BCUT2D eigenvalue weighted by atomic mass is 10.0. The van der Waals surface area contributed by atoms with E-state index in [0.29, 0.717) is 18.7 Å². The third-order valence-electron chi connectivity index (χ3n) is 6.49. The molecular formula is C35H53N4O7P. The van der Waals surface area contributed by atoms with Gasteiger partial charge in [-0.3, -0.25) is 28.2 Å². The first-order valence-electron chi connectivity index (χ1n) is 16.0. The number of carbonyl (C=O) groups is 4. The normalized spacial score (nSPS) is 13.8. The van der Waals surface area contributed by atoms with Gasteiger partial charge in [0.25, 0.3) is 0 Å². The summed E-state index contributed by atoms with van der Waals surface area (Å²) >= 11 is 0. The van der Waals surface area contributed by atoms with Crippen LogP contribution >= 0.6 is 8.60 Å². The second kappa shape index (κ2) is 18.1. The summed E-state index contributed by atoms with van der Waals surface area (Å²) < 4.78 is 18.0. The lowest BCUT2D eigenvalue weighted by Gasteiger charge is -2.30. The van der Waals surface area contributed by atoms with Crippen molar-refractivity contribution in [3.05, 3.63) is 65.7 Å². The van der Waals surface area contributed by atoms with E-state index in [-0.39, 0.29) is 24.2 Å². The Hall–Kier alpha value is -3.53. The van der Waals surface area contributed by atoms with Crippen LogP contribution in [0.5, 0.6) is 5.75 Å². The van der Waals surface area contributed by atoms with Gasteiger partial charge in [-0.1, -0.05) is 56.3 Å². The Bertz CT molecular complexity index is 1290. The minimum atomic E-state index is -1.69. The lowest BCUT2D eigenvalue weighted by molar-refractivity contribution is -0.134. The number of rotatable bonds is 16. The highest BCUT2D eigenvalue weighted by Crippen LogP contribution is 2.47. The summed E-state index contributed by atoms with van der Waals surface area (Å²) in [5, 5.41) is 11.0. The van der Waals surface area contributed by atoms with Crippen LogP contribution in [0.3, 0.4) is 0 Å². The average molecular weight is 673 g/mol. The first-order chi connectivity index (χ1) is 21.8. The fourth-order valence-electron chi connectivity index (χ4n) is 4.25. The van der Waals surface area contributed by atoms with E-state index in [0.717, 1.165) is 11.1 Å². The second-order valence-corrected chi connectivity index (χ2v) is 14.8. The molecule has 4 N–H and O–H groups in total. The maximum Gasteiger partial charge on any atom is 0.398 e. The van der Waals surface area contributed by atoms with Crippen molar-refractivity contribution in [2.75, 3.05) is 6.54 Å². The molecule has 4 amide bonds. The number of hydrogen-bond donors (Lipinski definition) is 4. The van der Waals surface area contributed by atoms with E-state index in [1.54, 1.807) is 45.0 Å². The summed E-state index contributed by atoms with van der Waals surface area (Å²) in [6.45, 7) is 18.5. The van der Waals surface area contributed by atoms with E-state index >= 15 is 0 Å². The SMILES string of the molecule is CC(=O)N[C@@H](Cc1ccc(OP(OC(C)(C)C)OC(C)(C)C)cc1)C(=O)N[C@H](C(=O)N[C@H](C)C(=O)NCCc1ccccc1)C(C)C. The summed E-state index contributed by atoms with van der Waals surface area (Å²) in [5.74, 6) is -1.48. The van der Waals surface area contributed by atoms with E-state index in [2.05, 4.69) is 21.3 Å². The highest BCUT2D eigenvalue weighted by Gasteiger charge is 2.31. The Balaban J connectivity index is 2.04. The largest absolute Gasteiger partial charge is 0.427 e. The third-order valence-corrected chi connectivity index (χ3v) is 8.24. The molecule has 0 heterocycles. The molecule has 0 unspecified atom stereocenters. The maximum absolute atomic E-state index is 13.4. The first kappa shape index (κ1) is 39.6. The zero-order chi connectivity index (χ0) is 35.4. The monoisotopic (exact) mass is 672 g/mol. The molecule has 0 saturated heterocycles. The molecule has 0 saturated carbocycles. The fraction of sp³-hybridized carbons (Fsp3) is 0.543. The Morgan fingerprint density at radius 1 is 0.723 bits per heavy atom. The van der Waals surface area contributed by atoms with Gasteiger partial charge in [0, 0.05) is 19.9 Å². The van der Waals surface area contributed by atoms with Crippen molar-refractivity contribution < 1.29 is 32.7 Å². The topological polar surface area (TPSA) is 144 Å². The molecular weight excluding hydrogens is 619 g/mol. The van der Waals surface area contributed by atoms with Gasteiger partial charge in [-0.05, 0) is 84.1 Å². The zero-order valence-electron chi connectivity index (χ0n) is 29.4. The van der Waals surface area contributed by atoms with Crippen LogP contribution in [0, 0.1) is 5.92 Å². The highest BCUT2D eigenvalue weighted by molar-refractivity contribution is 7.42. The van der Waals surface area contributed by atoms with Gasteiger partial charge in [0.15, 0.2) is 0 Å². The molecule has 3 atom stereocenters. The highest BCUT2D eigenvalue weighted by atomic mass is 31.2. The number of carbonyl (C=O) groups excluding carboxylic acids is 4. The predicted molar refractivity (Wildman–Crippen MR) is 185 cm³/mol. The molecule has 0 aliphatic carbocycles. The molecule has 260 valence electrons. The Kier molecular flexibility index (Phi) is 15.3. The molecule has 0 aliphatic rings. The van der Waals surface area contributed by atoms with Crippen molar-refractivity contribution in [1.29, 1.82) is 0 Å². The van der Waals surface area contributed by atoms with Gasteiger partial charge in [0.2, 0.25) is 23.6 Å². The second-order valence-electron chi connectivity index (χ2n) is 13.8. The van der Waals surface area contributed by atoms with Crippen LogP contribution < -0.4 is 25.8 Å².